The molecule has 200 valence electrons. The van der Waals surface area contributed by atoms with Crippen LogP contribution in [0.4, 0.5) is 5.69 Å². The largest absolute Gasteiger partial charge is 0.494 e. The normalized spacial score (nSPS) is 18.0. The van der Waals surface area contributed by atoms with Crippen molar-refractivity contribution in [2.24, 2.45) is 0 Å². The summed E-state index contributed by atoms with van der Waals surface area (Å²) in [5.74, 6) is 1.75. The topological polar surface area (TPSA) is 78.8 Å². The monoisotopic (exact) mass is 570 g/mol. The SMILES string of the molecule is Br.COc1c(N2CCC(OC)CC2)cc(C(=O)CN2Cc3ccc(C4CC4)nc3C2=N)cc1C(C)(C)C. The molecule has 1 N–H and O–H groups in total. The van der Waals surface area contributed by atoms with Crippen molar-refractivity contribution in [3.8, 4) is 5.75 Å². The highest BCUT2D eigenvalue weighted by Gasteiger charge is 2.33. The van der Waals surface area contributed by atoms with E-state index in [1.165, 1.54) is 12.8 Å². The number of hydrogen-bond donors (Lipinski definition) is 1. The molecule has 3 aliphatic rings. The standard InChI is InChI=1S/C29H38N4O3.BrH/c1-29(2,3)22-14-20(15-24(27(22)36-5)32-12-10-21(35-4)11-13-32)25(34)17-33-16-19-8-9-23(18-6-7-18)31-26(19)28(33)30;/h8-9,14-15,18,21,30H,6-7,10-13,16-17H2,1-5H3;1H. The number of Topliss-reactive ketones (excluding diaryl/α,β-unsaturated/α-hetero) is 1. The van der Waals surface area contributed by atoms with Gasteiger partial charge in [-0.3, -0.25) is 10.2 Å². The van der Waals surface area contributed by atoms with Crippen LogP contribution >= 0.6 is 17.0 Å². The number of piperidine rings is 1. The van der Waals surface area contributed by atoms with Crippen molar-refractivity contribution in [1.29, 1.82) is 5.41 Å². The second-order valence-electron chi connectivity index (χ2n) is 11.4. The van der Waals surface area contributed by atoms with E-state index in [0.717, 1.165) is 59.9 Å². The Hall–Kier alpha value is -2.45. The molecule has 0 spiro atoms. The zero-order chi connectivity index (χ0) is 25.6. The lowest BCUT2D eigenvalue weighted by atomic mass is 9.84. The van der Waals surface area contributed by atoms with Crippen LogP contribution in [0.2, 0.25) is 0 Å². The summed E-state index contributed by atoms with van der Waals surface area (Å²) in [5.41, 5.74) is 5.32. The molecule has 1 aliphatic carbocycles. The maximum atomic E-state index is 13.7. The minimum atomic E-state index is -0.193. The Morgan fingerprint density at radius 3 is 2.41 bits per heavy atom. The summed E-state index contributed by atoms with van der Waals surface area (Å²) in [4.78, 5) is 22.6. The highest BCUT2D eigenvalue weighted by Crippen LogP contribution is 2.42. The van der Waals surface area contributed by atoms with Crippen molar-refractivity contribution in [3.05, 3.63) is 52.3 Å². The second-order valence-corrected chi connectivity index (χ2v) is 11.4. The molecule has 1 saturated heterocycles. The Balaban J connectivity index is 0.00000320. The zero-order valence-electron chi connectivity index (χ0n) is 22.6. The summed E-state index contributed by atoms with van der Waals surface area (Å²) in [6.45, 7) is 8.88. The van der Waals surface area contributed by atoms with Crippen LogP contribution in [0.5, 0.6) is 5.75 Å². The van der Waals surface area contributed by atoms with Gasteiger partial charge in [0.25, 0.3) is 0 Å². The predicted molar refractivity (Wildman–Crippen MR) is 152 cm³/mol. The van der Waals surface area contributed by atoms with Gasteiger partial charge in [-0.25, -0.2) is 4.98 Å². The molecule has 0 atom stereocenters. The first kappa shape index (κ1) is 27.6. The van der Waals surface area contributed by atoms with Crippen molar-refractivity contribution in [2.45, 2.75) is 70.4 Å². The maximum absolute atomic E-state index is 13.7. The van der Waals surface area contributed by atoms with Crippen molar-refractivity contribution in [2.75, 3.05) is 38.8 Å². The molecule has 1 aromatic heterocycles. The summed E-state index contributed by atoms with van der Waals surface area (Å²) < 4.78 is 11.5. The van der Waals surface area contributed by atoms with Gasteiger partial charge in [0, 0.05) is 55.0 Å². The van der Waals surface area contributed by atoms with Gasteiger partial charge in [-0.05, 0) is 49.3 Å². The fourth-order valence-electron chi connectivity index (χ4n) is 5.39. The molecule has 37 heavy (non-hydrogen) atoms. The lowest BCUT2D eigenvalue weighted by molar-refractivity contribution is 0.0818. The number of aromatic nitrogens is 1. The van der Waals surface area contributed by atoms with Gasteiger partial charge in [0.05, 0.1) is 25.4 Å². The summed E-state index contributed by atoms with van der Waals surface area (Å²) in [6, 6.07) is 8.15. The number of nitrogens with zero attached hydrogens (tertiary/aromatic N) is 3. The van der Waals surface area contributed by atoms with Crippen molar-refractivity contribution >= 4 is 34.3 Å². The Morgan fingerprint density at radius 2 is 1.81 bits per heavy atom. The quantitative estimate of drug-likeness (QED) is 0.444. The number of benzene rings is 1. The number of halogens is 1. The zero-order valence-corrected chi connectivity index (χ0v) is 24.3. The number of hydrogen-bond acceptors (Lipinski definition) is 6. The van der Waals surface area contributed by atoms with Crippen molar-refractivity contribution in [3.63, 3.8) is 0 Å². The molecule has 5 rings (SSSR count). The Morgan fingerprint density at radius 1 is 1.11 bits per heavy atom. The Kier molecular flexibility index (Phi) is 8.00. The first-order chi connectivity index (χ1) is 17.2. The number of carbonyl (C=O) groups is 1. The van der Waals surface area contributed by atoms with E-state index in [-0.39, 0.29) is 40.8 Å². The van der Waals surface area contributed by atoms with Gasteiger partial charge in [0.1, 0.15) is 17.3 Å². The second kappa shape index (κ2) is 10.7. The molecule has 2 fully saturated rings. The molecule has 3 heterocycles. The van der Waals surface area contributed by atoms with Crippen LogP contribution in [0.25, 0.3) is 0 Å². The van der Waals surface area contributed by atoms with E-state index < -0.39 is 0 Å². The van der Waals surface area contributed by atoms with E-state index >= 15 is 0 Å². The number of amidine groups is 1. The number of methoxy groups -OCH3 is 2. The molecule has 1 saturated carbocycles. The number of ether oxygens (including phenoxy) is 2. The molecular formula is C29H39BrN4O3. The minimum absolute atomic E-state index is 0. The average Bonchev–Trinajstić information content (AvgIpc) is 3.68. The molecule has 8 heteroatoms. The van der Waals surface area contributed by atoms with E-state index in [2.05, 4.69) is 37.8 Å². The van der Waals surface area contributed by atoms with Crippen LogP contribution in [0.15, 0.2) is 24.3 Å². The number of pyridine rings is 1. The lowest BCUT2D eigenvalue weighted by Crippen LogP contribution is -2.37. The van der Waals surface area contributed by atoms with E-state index in [1.807, 2.05) is 17.0 Å². The Bertz CT molecular complexity index is 1180. The molecule has 2 aliphatic heterocycles. The van der Waals surface area contributed by atoms with Crippen LogP contribution < -0.4 is 9.64 Å². The van der Waals surface area contributed by atoms with Gasteiger partial charge in [0.15, 0.2) is 5.78 Å². The lowest BCUT2D eigenvalue weighted by Gasteiger charge is -2.35. The van der Waals surface area contributed by atoms with Gasteiger partial charge >= 0.3 is 0 Å². The third kappa shape index (κ3) is 5.55. The number of fused-ring (bicyclic) bond motifs is 1. The first-order valence-electron chi connectivity index (χ1n) is 13.1. The smallest absolute Gasteiger partial charge is 0.182 e. The van der Waals surface area contributed by atoms with Crippen LogP contribution in [0.1, 0.15) is 85.2 Å². The number of nitrogens with one attached hydrogen (secondary N) is 1. The number of anilines is 1. The molecule has 0 radical (unpaired) electrons. The van der Waals surface area contributed by atoms with E-state index in [0.29, 0.717) is 23.9 Å². The summed E-state index contributed by atoms with van der Waals surface area (Å²) >= 11 is 0. The molecule has 0 bridgehead atoms. The van der Waals surface area contributed by atoms with E-state index in [1.54, 1.807) is 14.2 Å². The third-order valence-electron chi connectivity index (χ3n) is 7.75. The van der Waals surface area contributed by atoms with Crippen LogP contribution in [0, 0.1) is 5.41 Å². The summed E-state index contributed by atoms with van der Waals surface area (Å²) in [6.07, 6.45) is 4.53. The van der Waals surface area contributed by atoms with Crippen LogP contribution in [0.3, 0.4) is 0 Å². The summed E-state index contributed by atoms with van der Waals surface area (Å²) in [5, 5.41) is 8.72. The highest BCUT2D eigenvalue weighted by atomic mass is 79.9. The van der Waals surface area contributed by atoms with Crippen LogP contribution in [-0.4, -0.2) is 61.5 Å². The average molecular weight is 572 g/mol. The molecular weight excluding hydrogens is 532 g/mol. The number of carbonyl (C=O) groups excluding carboxylic acids is 1. The van der Waals surface area contributed by atoms with Gasteiger partial charge in [0.2, 0.25) is 0 Å². The Labute approximate surface area is 230 Å². The van der Waals surface area contributed by atoms with Gasteiger partial charge < -0.3 is 19.3 Å². The fraction of sp³-hybridized carbons (Fsp3) is 0.552. The molecule has 7 nitrogen and oxygen atoms in total. The van der Waals surface area contributed by atoms with Gasteiger partial charge in [-0.1, -0.05) is 26.8 Å². The maximum Gasteiger partial charge on any atom is 0.182 e. The number of rotatable bonds is 7. The first-order valence-corrected chi connectivity index (χ1v) is 13.1. The molecule has 1 aromatic carbocycles. The predicted octanol–water partition coefficient (Wildman–Crippen LogP) is 5.48. The molecule has 2 aromatic rings. The molecule has 0 amide bonds. The van der Waals surface area contributed by atoms with Crippen molar-refractivity contribution in [1.82, 2.24) is 9.88 Å². The minimum Gasteiger partial charge on any atom is -0.494 e. The molecule has 0 unspecified atom stereocenters. The van der Waals surface area contributed by atoms with E-state index in [9.17, 15) is 4.79 Å². The van der Waals surface area contributed by atoms with Crippen LogP contribution in [-0.2, 0) is 16.7 Å². The fourth-order valence-corrected chi connectivity index (χ4v) is 5.39. The number of ketones is 1. The van der Waals surface area contributed by atoms with E-state index in [4.69, 9.17) is 19.9 Å². The van der Waals surface area contributed by atoms with Crippen molar-refractivity contribution < 1.29 is 14.3 Å². The highest BCUT2D eigenvalue weighted by molar-refractivity contribution is 8.93. The summed E-state index contributed by atoms with van der Waals surface area (Å²) in [7, 11) is 3.48. The van der Waals surface area contributed by atoms with Gasteiger partial charge in [-0.2, -0.15) is 0 Å². The van der Waals surface area contributed by atoms with Gasteiger partial charge in [-0.15, -0.1) is 17.0 Å². The third-order valence-corrected chi connectivity index (χ3v) is 7.75.